The largest absolute Gasteiger partial charge is 0.271 e. The lowest BCUT2D eigenvalue weighted by molar-refractivity contribution is 0.0954. The lowest BCUT2D eigenvalue weighted by Crippen LogP contribution is -2.22. The molecule has 4 heteroatoms. The van der Waals surface area contributed by atoms with E-state index >= 15 is 0 Å². The summed E-state index contributed by atoms with van der Waals surface area (Å²) in [5, 5.41) is 4.22. The molecule has 2 rings (SSSR count). The van der Waals surface area contributed by atoms with Crippen molar-refractivity contribution < 1.29 is 9.18 Å². The van der Waals surface area contributed by atoms with Gasteiger partial charge in [0.15, 0.2) is 0 Å². The second-order valence-electron chi connectivity index (χ2n) is 4.97. The Labute approximate surface area is 123 Å². The Morgan fingerprint density at radius 3 is 2.19 bits per heavy atom. The molecule has 0 saturated carbocycles. The van der Waals surface area contributed by atoms with Crippen LogP contribution in [0.2, 0.25) is 0 Å². The predicted octanol–water partition coefficient (Wildman–Crippen LogP) is 3.62. The van der Waals surface area contributed by atoms with E-state index in [0.717, 1.165) is 11.3 Å². The van der Waals surface area contributed by atoms with Gasteiger partial charge in [0.25, 0.3) is 5.91 Å². The van der Waals surface area contributed by atoms with Gasteiger partial charge < -0.3 is 0 Å². The minimum atomic E-state index is -0.373. The van der Waals surface area contributed by atoms with Crippen LogP contribution in [0.1, 0.15) is 29.8 Å². The number of carbonyl (C=O) groups excluding carboxylic acids is 1. The molecule has 2 aromatic carbocycles. The smallest absolute Gasteiger partial charge is 0.267 e. The second-order valence-corrected chi connectivity index (χ2v) is 4.97. The number of hydrogen-bond acceptors (Lipinski definition) is 2. The third-order valence-corrected chi connectivity index (χ3v) is 3.00. The number of hydrogen-bond donors (Lipinski definition) is 1. The highest BCUT2D eigenvalue weighted by atomic mass is 19.1. The fourth-order valence-corrected chi connectivity index (χ4v) is 1.91. The summed E-state index contributed by atoms with van der Waals surface area (Å²) < 4.78 is 12.8. The molecule has 0 spiro atoms. The minimum absolute atomic E-state index is 0.168. The fourth-order valence-electron chi connectivity index (χ4n) is 1.91. The molecule has 0 fully saturated rings. The van der Waals surface area contributed by atoms with Crippen molar-refractivity contribution in [2.75, 3.05) is 0 Å². The van der Waals surface area contributed by atoms with Gasteiger partial charge in [-0.15, -0.1) is 0 Å². The Morgan fingerprint density at radius 1 is 1.00 bits per heavy atom. The first kappa shape index (κ1) is 14.9. The summed E-state index contributed by atoms with van der Waals surface area (Å²) in [7, 11) is 0. The average Bonchev–Trinajstić information content (AvgIpc) is 2.48. The van der Waals surface area contributed by atoms with Gasteiger partial charge in [-0.1, -0.05) is 44.2 Å². The molecule has 21 heavy (non-hydrogen) atoms. The SMILES string of the molecule is CC(C)/C(=N/NC(=O)c1ccc(F)cc1)c1ccccc1. The van der Waals surface area contributed by atoms with Gasteiger partial charge in [-0.3, -0.25) is 4.79 Å². The molecule has 0 bridgehead atoms. The van der Waals surface area contributed by atoms with Crippen molar-refractivity contribution in [3.63, 3.8) is 0 Å². The number of hydrazone groups is 1. The van der Waals surface area contributed by atoms with E-state index in [4.69, 9.17) is 0 Å². The molecular weight excluding hydrogens is 267 g/mol. The van der Waals surface area contributed by atoms with E-state index in [0.29, 0.717) is 5.56 Å². The van der Waals surface area contributed by atoms with Crippen molar-refractivity contribution in [3.05, 3.63) is 71.5 Å². The molecule has 0 heterocycles. The third-order valence-electron chi connectivity index (χ3n) is 3.00. The van der Waals surface area contributed by atoms with Crippen LogP contribution in [0, 0.1) is 11.7 Å². The summed E-state index contributed by atoms with van der Waals surface area (Å²) in [5.74, 6) is -0.563. The molecule has 1 N–H and O–H groups in total. The van der Waals surface area contributed by atoms with Gasteiger partial charge in [0.2, 0.25) is 0 Å². The van der Waals surface area contributed by atoms with Crippen LogP contribution in [0.3, 0.4) is 0 Å². The van der Waals surface area contributed by atoms with Crippen molar-refractivity contribution in [2.24, 2.45) is 11.0 Å². The maximum absolute atomic E-state index is 12.8. The lowest BCUT2D eigenvalue weighted by Gasteiger charge is -2.10. The van der Waals surface area contributed by atoms with Crippen molar-refractivity contribution >= 4 is 11.6 Å². The van der Waals surface area contributed by atoms with Crippen LogP contribution in [-0.4, -0.2) is 11.6 Å². The molecule has 0 radical (unpaired) electrons. The van der Waals surface area contributed by atoms with Crippen LogP contribution >= 0.6 is 0 Å². The predicted molar refractivity (Wildman–Crippen MR) is 81.7 cm³/mol. The van der Waals surface area contributed by atoms with Gasteiger partial charge in [-0.25, -0.2) is 9.82 Å². The molecule has 0 aliphatic carbocycles. The molecule has 0 atom stereocenters. The summed E-state index contributed by atoms with van der Waals surface area (Å²) in [6.07, 6.45) is 0. The highest BCUT2D eigenvalue weighted by molar-refractivity contribution is 6.03. The molecule has 2 aromatic rings. The number of rotatable bonds is 4. The van der Waals surface area contributed by atoms with Gasteiger partial charge in [-0.2, -0.15) is 5.10 Å². The van der Waals surface area contributed by atoms with Crippen molar-refractivity contribution in [1.29, 1.82) is 0 Å². The zero-order valence-corrected chi connectivity index (χ0v) is 12.0. The molecular formula is C17H17FN2O. The van der Waals surface area contributed by atoms with E-state index in [1.165, 1.54) is 24.3 Å². The first-order valence-corrected chi connectivity index (χ1v) is 6.77. The molecule has 3 nitrogen and oxygen atoms in total. The first-order chi connectivity index (χ1) is 10.1. The number of carbonyl (C=O) groups is 1. The van der Waals surface area contributed by atoms with E-state index in [1.807, 2.05) is 44.2 Å². The summed E-state index contributed by atoms with van der Waals surface area (Å²) >= 11 is 0. The van der Waals surface area contributed by atoms with Crippen LogP contribution in [0.4, 0.5) is 4.39 Å². The van der Waals surface area contributed by atoms with Crippen LogP contribution < -0.4 is 5.43 Å². The van der Waals surface area contributed by atoms with E-state index < -0.39 is 0 Å². The number of nitrogens with zero attached hydrogens (tertiary/aromatic N) is 1. The Hall–Kier alpha value is -2.49. The van der Waals surface area contributed by atoms with Gasteiger partial charge in [0, 0.05) is 5.56 Å². The highest BCUT2D eigenvalue weighted by Gasteiger charge is 2.10. The molecule has 0 aliphatic rings. The molecule has 0 saturated heterocycles. The van der Waals surface area contributed by atoms with Gasteiger partial charge in [0.1, 0.15) is 5.82 Å². The van der Waals surface area contributed by atoms with Crippen molar-refractivity contribution in [1.82, 2.24) is 5.43 Å². The van der Waals surface area contributed by atoms with Crippen molar-refractivity contribution in [3.8, 4) is 0 Å². The monoisotopic (exact) mass is 284 g/mol. The first-order valence-electron chi connectivity index (χ1n) is 6.77. The van der Waals surface area contributed by atoms with Gasteiger partial charge in [0.05, 0.1) is 5.71 Å². The molecule has 0 aliphatic heterocycles. The maximum Gasteiger partial charge on any atom is 0.271 e. The maximum atomic E-state index is 12.8. The van der Waals surface area contributed by atoms with E-state index in [2.05, 4.69) is 10.5 Å². The molecule has 0 unspecified atom stereocenters. The van der Waals surface area contributed by atoms with Crippen LogP contribution in [0.15, 0.2) is 59.7 Å². The summed E-state index contributed by atoms with van der Waals surface area (Å²) in [4.78, 5) is 12.0. The zero-order valence-electron chi connectivity index (χ0n) is 12.0. The van der Waals surface area contributed by atoms with E-state index in [9.17, 15) is 9.18 Å². The van der Waals surface area contributed by atoms with E-state index in [1.54, 1.807) is 0 Å². The summed E-state index contributed by atoms with van der Waals surface area (Å²) in [6, 6.07) is 15.0. The second kappa shape index (κ2) is 6.79. The number of amides is 1. The molecule has 108 valence electrons. The standard InChI is InChI=1S/C17H17FN2O/c1-12(2)16(13-6-4-3-5-7-13)19-20-17(21)14-8-10-15(18)11-9-14/h3-12H,1-2H3,(H,20,21)/b19-16-. The lowest BCUT2D eigenvalue weighted by atomic mass is 10.0. The molecule has 1 amide bonds. The highest BCUT2D eigenvalue weighted by Crippen LogP contribution is 2.09. The Morgan fingerprint density at radius 2 is 1.62 bits per heavy atom. The quantitative estimate of drug-likeness (QED) is 0.676. The van der Waals surface area contributed by atoms with E-state index in [-0.39, 0.29) is 17.6 Å². The number of benzene rings is 2. The summed E-state index contributed by atoms with van der Waals surface area (Å²) in [6.45, 7) is 4.02. The van der Waals surface area contributed by atoms with Gasteiger partial charge >= 0.3 is 0 Å². The zero-order chi connectivity index (χ0) is 15.2. The van der Waals surface area contributed by atoms with Crippen LogP contribution in [-0.2, 0) is 0 Å². The Bertz CT molecular complexity index is 634. The number of halogens is 1. The topological polar surface area (TPSA) is 41.5 Å². The molecule has 0 aromatic heterocycles. The number of nitrogens with one attached hydrogen (secondary N) is 1. The Kier molecular flexibility index (Phi) is 4.82. The normalized spacial score (nSPS) is 11.5. The van der Waals surface area contributed by atoms with Crippen LogP contribution in [0.5, 0.6) is 0 Å². The average molecular weight is 284 g/mol. The van der Waals surface area contributed by atoms with Crippen LogP contribution in [0.25, 0.3) is 0 Å². The Balaban J connectivity index is 2.17. The third kappa shape index (κ3) is 3.99. The minimum Gasteiger partial charge on any atom is -0.267 e. The van der Waals surface area contributed by atoms with Gasteiger partial charge in [-0.05, 0) is 35.7 Å². The van der Waals surface area contributed by atoms with Crippen molar-refractivity contribution in [2.45, 2.75) is 13.8 Å². The summed E-state index contributed by atoms with van der Waals surface area (Å²) in [5.41, 5.74) is 4.66. The fraction of sp³-hybridized carbons (Fsp3) is 0.176.